The Hall–Kier alpha value is -1.75. The first-order valence-electron chi connectivity index (χ1n) is 10.2. The number of likely N-dealkylation sites (tertiary alicyclic amines) is 1. The zero-order valence-corrected chi connectivity index (χ0v) is 18.0. The molecule has 0 aliphatic carbocycles. The lowest BCUT2D eigenvalue weighted by Crippen LogP contribution is -2.47. The van der Waals surface area contributed by atoms with Crippen LogP contribution < -0.4 is 10.5 Å². The Morgan fingerprint density at radius 2 is 1.67 bits per heavy atom. The predicted octanol–water partition coefficient (Wildman–Crippen LogP) is 3.60. The number of ether oxygens (including phenoxy) is 1. The second-order valence-corrected chi connectivity index (χ2v) is 7.96. The number of nitrogens with zero attached hydrogens (tertiary/aromatic N) is 2. The van der Waals surface area contributed by atoms with Gasteiger partial charge in [-0.1, -0.05) is 13.3 Å². The number of likely N-dealkylation sites (N-methyl/N-ethyl adjacent to an activating group) is 1. The Kier molecular flexibility index (Phi) is 7.54. The number of benzene rings is 1. The molecule has 5 heteroatoms. The van der Waals surface area contributed by atoms with Crippen LogP contribution >= 0.6 is 0 Å². The van der Waals surface area contributed by atoms with E-state index in [9.17, 15) is 4.79 Å². The van der Waals surface area contributed by atoms with E-state index in [1.807, 2.05) is 39.6 Å². The predicted molar refractivity (Wildman–Crippen MR) is 112 cm³/mol. The van der Waals surface area contributed by atoms with Crippen LogP contribution in [0.2, 0.25) is 0 Å². The largest absolute Gasteiger partial charge is 0.483 e. The lowest BCUT2D eigenvalue weighted by atomic mass is 9.97. The van der Waals surface area contributed by atoms with Crippen LogP contribution in [0, 0.1) is 27.7 Å². The highest BCUT2D eigenvalue weighted by atomic mass is 16.5. The van der Waals surface area contributed by atoms with E-state index in [-0.39, 0.29) is 12.5 Å². The molecule has 1 aromatic rings. The van der Waals surface area contributed by atoms with Crippen LogP contribution in [-0.2, 0) is 4.79 Å². The third-order valence-corrected chi connectivity index (χ3v) is 6.28. The van der Waals surface area contributed by atoms with Gasteiger partial charge in [0, 0.05) is 31.9 Å². The molecule has 0 atom stereocenters. The van der Waals surface area contributed by atoms with Crippen molar-refractivity contribution in [3.63, 3.8) is 0 Å². The number of anilines is 1. The second-order valence-electron chi connectivity index (χ2n) is 7.96. The minimum atomic E-state index is 0.0490. The van der Waals surface area contributed by atoms with Crippen molar-refractivity contribution in [2.75, 3.05) is 39.0 Å². The van der Waals surface area contributed by atoms with E-state index < -0.39 is 0 Å². The van der Waals surface area contributed by atoms with Gasteiger partial charge in [-0.15, -0.1) is 0 Å². The quantitative estimate of drug-likeness (QED) is 0.740. The van der Waals surface area contributed by atoms with Crippen LogP contribution in [0.25, 0.3) is 0 Å². The van der Waals surface area contributed by atoms with Gasteiger partial charge in [0.05, 0.1) is 0 Å². The molecule has 1 aromatic carbocycles. The molecule has 1 amide bonds. The lowest BCUT2D eigenvalue weighted by Gasteiger charge is -2.36. The van der Waals surface area contributed by atoms with Gasteiger partial charge in [0.1, 0.15) is 5.75 Å². The highest BCUT2D eigenvalue weighted by Crippen LogP contribution is 2.34. The van der Waals surface area contributed by atoms with Gasteiger partial charge in [0.2, 0.25) is 0 Å². The van der Waals surface area contributed by atoms with Crippen LogP contribution in [0.15, 0.2) is 0 Å². The van der Waals surface area contributed by atoms with Crippen molar-refractivity contribution in [1.82, 2.24) is 9.80 Å². The molecule has 1 aliphatic heterocycles. The number of piperidine rings is 1. The Bertz CT molecular complexity index is 635. The molecule has 1 heterocycles. The number of unbranched alkanes of at least 4 members (excludes halogenated alkanes) is 1. The normalized spacial score (nSPS) is 15.8. The van der Waals surface area contributed by atoms with Crippen molar-refractivity contribution in [2.45, 2.75) is 66.3 Å². The highest BCUT2D eigenvalue weighted by molar-refractivity contribution is 5.78. The Balaban J connectivity index is 1.93. The molecule has 1 saturated heterocycles. The number of nitrogens with two attached hydrogens (primary N) is 1. The van der Waals surface area contributed by atoms with E-state index >= 15 is 0 Å². The SMILES string of the molecule is CCCCN1CCC(N(C)C(=O)COc2c(C)c(C)c(N)c(C)c2C)CC1. The molecule has 0 spiro atoms. The molecule has 2 rings (SSSR count). The summed E-state index contributed by atoms with van der Waals surface area (Å²) < 4.78 is 5.98. The molecule has 152 valence electrons. The summed E-state index contributed by atoms with van der Waals surface area (Å²) >= 11 is 0. The molecular weight excluding hydrogens is 338 g/mol. The number of nitrogen functional groups attached to an aromatic ring is 1. The number of rotatable bonds is 7. The van der Waals surface area contributed by atoms with Gasteiger partial charge >= 0.3 is 0 Å². The number of carbonyl (C=O) groups excluding carboxylic acids is 1. The minimum Gasteiger partial charge on any atom is -0.483 e. The van der Waals surface area contributed by atoms with Gasteiger partial charge < -0.3 is 20.3 Å². The van der Waals surface area contributed by atoms with Crippen LogP contribution in [0.4, 0.5) is 5.69 Å². The Labute approximate surface area is 164 Å². The maximum absolute atomic E-state index is 12.7. The van der Waals surface area contributed by atoms with Crippen molar-refractivity contribution in [3.8, 4) is 5.75 Å². The van der Waals surface area contributed by atoms with E-state index in [1.54, 1.807) is 0 Å². The van der Waals surface area contributed by atoms with Gasteiger partial charge in [-0.2, -0.15) is 0 Å². The zero-order valence-electron chi connectivity index (χ0n) is 18.0. The van der Waals surface area contributed by atoms with Gasteiger partial charge in [0.25, 0.3) is 5.91 Å². The first kappa shape index (κ1) is 21.5. The maximum atomic E-state index is 12.7. The number of hydrogen-bond acceptors (Lipinski definition) is 4. The summed E-state index contributed by atoms with van der Waals surface area (Å²) in [5.41, 5.74) is 11.1. The van der Waals surface area contributed by atoms with Crippen molar-refractivity contribution >= 4 is 11.6 Å². The molecular formula is C22H37N3O2. The summed E-state index contributed by atoms with van der Waals surface area (Å²) in [6, 6.07) is 0.316. The third kappa shape index (κ3) is 4.95. The van der Waals surface area contributed by atoms with Crippen LogP contribution in [-0.4, -0.2) is 55.0 Å². The third-order valence-electron chi connectivity index (χ3n) is 6.28. The smallest absolute Gasteiger partial charge is 0.260 e. The van der Waals surface area contributed by atoms with E-state index in [1.165, 1.54) is 19.4 Å². The minimum absolute atomic E-state index is 0.0490. The van der Waals surface area contributed by atoms with Crippen LogP contribution in [0.1, 0.15) is 54.9 Å². The van der Waals surface area contributed by atoms with Gasteiger partial charge in [0.15, 0.2) is 6.61 Å². The zero-order chi connectivity index (χ0) is 20.1. The molecule has 1 fully saturated rings. The first-order chi connectivity index (χ1) is 12.8. The number of carbonyl (C=O) groups is 1. The molecule has 0 radical (unpaired) electrons. The summed E-state index contributed by atoms with van der Waals surface area (Å²) in [6.07, 6.45) is 4.58. The Morgan fingerprint density at radius 1 is 1.11 bits per heavy atom. The summed E-state index contributed by atoms with van der Waals surface area (Å²) in [5.74, 6) is 0.850. The Morgan fingerprint density at radius 3 is 2.19 bits per heavy atom. The van der Waals surface area contributed by atoms with E-state index in [0.717, 1.165) is 59.6 Å². The van der Waals surface area contributed by atoms with Crippen LogP contribution in [0.3, 0.4) is 0 Å². The van der Waals surface area contributed by atoms with Gasteiger partial charge in [-0.3, -0.25) is 4.79 Å². The van der Waals surface area contributed by atoms with Gasteiger partial charge in [-0.05, 0) is 75.8 Å². The summed E-state index contributed by atoms with van der Waals surface area (Å²) in [6.45, 7) is 13.7. The molecule has 0 unspecified atom stereocenters. The van der Waals surface area contributed by atoms with Crippen LogP contribution in [0.5, 0.6) is 5.75 Å². The van der Waals surface area contributed by atoms with E-state index in [0.29, 0.717) is 6.04 Å². The molecule has 0 bridgehead atoms. The molecule has 27 heavy (non-hydrogen) atoms. The molecule has 2 N–H and O–H groups in total. The van der Waals surface area contributed by atoms with Gasteiger partial charge in [-0.25, -0.2) is 0 Å². The number of hydrogen-bond donors (Lipinski definition) is 1. The average molecular weight is 376 g/mol. The van der Waals surface area contributed by atoms with Crippen molar-refractivity contribution in [1.29, 1.82) is 0 Å². The standard InChI is InChI=1S/C22H37N3O2/c1-7-8-11-25-12-9-19(10-13-25)24(6)20(26)14-27-22-17(4)15(2)21(23)16(3)18(22)5/h19H,7-14,23H2,1-6H3. The topological polar surface area (TPSA) is 58.8 Å². The summed E-state index contributed by atoms with van der Waals surface area (Å²) in [5, 5.41) is 0. The van der Waals surface area contributed by atoms with Crippen molar-refractivity contribution < 1.29 is 9.53 Å². The summed E-state index contributed by atoms with van der Waals surface area (Å²) in [7, 11) is 1.91. The fourth-order valence-corrected chi connectivity index (χ4v) is 3.87. The fourth-order valence-electron chi connectivity index (χ4n) is 3.87. The molecule has 0 aromatic heterocycles. The van der Waals surface area contributed by atoms with Crippen molar-refractivity contribution in [3.05, 3.63) is 22.3 Å². The second kappa shape index (κ2) is 9.45. The maximum Gasteiger partial charge on any atom is 0.260 e. The fraction of sp³-hybridized carbons (Fsp3) is 0.682. The average Bonchev–Trinajstić information content (AvgIpc) is 2.68. The molecule has 0 saturated carbocycles. The van der Waals surface area contributed by atoms with E-state index in [4.69, 9.17) is 10.5 Å². The van der Waals surface area contributed by atoms with E-state index in [2.05, 4.69) is 11.8 Å². The summed E-state index contributed by atoms with van der Waals surface area (Å²) in [4.78, 5) is 17.1. The van der Waals surface area contributed by atoms with Crippen molar-refractivity contribution in [2.24, 2.45) is 0 Å². The monoisotopic (exact) mass is 375 g/mol. The molecule has 1 aliphatic rings. The molecule has 5 nitrogen and oxygen atoms in total. The number of amides is 1. The lowest BCUT2D eigenvalue weighted by molar-refractivity contribution is -0.135. The first-order valence-corrected chi connectivity index (χ1v) is 10.2. The highest BCUT2D eigenvalue weighted by Gasteiger charge is 2.25.